The maximum atomic E-state index is 13.6. The van der Waals surface area contributed by atoms with E-state index in [2.05, 4.69) is 5.32 Å². The fraction of sp³-hybridized carbons (Fsp3) is 0.259. The molecule has 1 aliphatic heterocycles. The topological polar surface area (TPSA) is 92.8 Å². The van der Waals surface area contributed by atoms with Crippen molar-refractivity contribution in [2.24, 2.45) is 0 Å². The van der Waals surface area contributed by atoms with Gasteiger partial charge in [0, 0.05) is 12.0 Å². The molecule has 0 unspecified atom stereocenters. The summed E-state index contributed by atoms with van der Waals surface area (Å²) in [5, 5.41) is 2.95. The van der Waals surface area contributed by atoms with Crippen LogP contribution >= 0.6 is 0 Å². The van der Waals surface area contributed by atoms with Crippen molar-refractivity contribution in [2.75, 3.05) is 18.0 Å². The van der Waals surface area contributed by atoms with Crippen LogP contribution in [0, 0.1) is 5.82 Å². The van der Waals surface area contributed by atoms with Gasteiger partial charge in [0.25, 0.3) is 15.9 Å². The van der Waals surface area contributed by atoms with E-state index < -0.39 is 33.8 Å². The molecular formula is C27H25FN2O5S. The lowest BCUT2D eigenvalue weighted by molar-refractivity contribution is 0.0600. The molecule has 0 aromatic heterocycles. The number of carbonyl (C=O) groups excluding carboxylic acids is 2. The van der Waals surface area contributed by atoms with E-state index in [4.69, 9.17) is 4.74 Å². The summed E-state index contributed by atoms with van der Waals surface area (Å²) in [6.07, 6.45) is 1.67. The van der Waals surface area contributed by atoms with Gasteiger partial charge in [-0.2, -0.15) is 0 Å². The summed E-state index contributed by atoms with van der Waals surface area (Å²) in [4.78, 5) is 25.1. The van der Waals surface area contributed by atoms with Gasteiger partial charge in [-0.25, -0.2) is 17.6 Å². The van der Waals surface area contributed by atoms with E-state index in [1.165, 1.54) is 23.5 Å². The number of fused-ring (bicyclic) bond motifs is 2. The number of methoxy groups -OCH3 is 1. The lowest BCUT2D eigenvalue weighted by atomic mass is 9.96. The standard InChI is InChI=1S/C27H25FN2O5S/c1-17(18-6-8-19(9-7-18)26(32)35-2)29-25(31)22-4-3-5-23-24(22)30(16-27(23)14-15-27)36(33,34)21-12-10-20(28)11-13-21/h3-13,17H,14-16H2,1-2H3,(H,29,31)/t17-/m0/s1. The predicted octanol–water partition coefficient (Wildman–Crippen LogP) is 4.34. The summed E-state index contributed by atoms with van der Waals surface area (Å²) in [5.74, 6) is -1.38. The lowest BCUT2D eigenvalue weighted by Crippen LogP contribution is -2.34. The van der Waals surface area contributed by atoms with Gasteiger partial charge in [-0.3, -0.25) is 9.10 Å². The van der Waals surface area contributed by atoms with Gasteiger partial charge < -0.3 is 10.1 Å². The monoisotopic (exact) mass is 508 g/mol. The Morgan fingerprint density at radius 1 is 1.03 bits per heavy atom. The van der Waals surface area contributed by atoms with Crippen LogP contribution in [0.1, 0.15) is 57.7 Å². The Morgan fingerprint density at radius 2 is 1.69 bits per heavy atom. The zero-order valence-electron chi connectivity index (χ0n) is 19.8. The van der Waals surface area contributed by atoms with Crippen LogP contribution in [0.15, 0.2) is 71.6 Å². The summed E-state index contributed by atoms with van der Waals surface area (Å²) >= 11 is 0. The number of hydrogen-bond donors (Lipinski definition) is 1. The average molecular weight is 509 g/mol. The number of halogens is 1. The maximum absolute atomic E-state index is 13.6. The number of nitrogens with zero attached hydrogens (tertiary/aromatic N) is 1. The molecule has 186 valence electrons. The van der Waals surface area contributed by atoms with Crippen molar-refractivity contribution in [3.05, 3.63) is 94.8 Å². The molecule has 1 heterocycles. The highest BCUT2D eigenvalue weighted by Crippen LogP contribution is 2.58. The van der Waals surface area contributed by atoms with Gasteiger partial charge in [-0.1, -0.05) is 24.3 Å². The third kappa shape index (κ3) is 4.03. The fourth-order valence-electron chi connectivity index (χ4n) is 4.76. The van der Waals surface area contributed by atoms with Gasteiger partial charge >= 0.3 is 5.97 Å². The number of sulfonamides is 1. The third-order valence-electron chi connectivity index (χ3n) is 6.98. The number of esters is 1. The highest BCUT2D eigenvalue weighted by molar-refractivity contribution is 7.92. The van der Waals surface area contributed by atoms with Gasteiger partial charge in [0.05, 0.1) is 34.9 Å². The Labute approximate surface area is 208 Å². The third-order valence-corrected chi connectivity index (χ3v) is 8.74. The maximum Gasteiger partial charge on any atom is 0.337 e. The molecule has 1 amide bonds. The molecule has 0 bridgehead atoms. The van der Waals surface area contributed by atoms with Gasteiger partial charge in [0.1, 0.15) is 5.82 Å². The van der Waals surface area contributed by atoms with Crippen LogP contribution < -0.4 is 9.62 Å². The second-order valence-electron chi connectivity index (χ2n) is 9.26. The molecule has 5 rings (SSSR count). The van der Waals surface area contributed by atoms with Crippen LogP contribution in [0.3, 0.4) is 0 Å². The summed E-state index contributed by atoms with van der Waals surface area (Å²) in [6.45, 7) is 2.06. The molecule has 36 heavy (non-hydrogen) atoms. The van der Waals surface area contributed by atoms with E-state index in [1.807, 2.05) is 13.0 Å². The van der Waals surface area contributed by atoms with Gasteiger partial charge in [0.15, 0.2) is 0 Å². The first-order valence-electron chi connectivity index (χ1n) is 11.6. The molecule has 1 aliphatic carbocycles. The summed E-state index contributed by atoms with van der Waals surface area (Å²) < 4.78 is 46.6. The molecule has 0 radical (unpaired) electrons. The van der Waals surface area contributed by atoms with E-state index in [-0.39, 0.29) is 22.4 Å². The van der Waals surface area contributed by atoms with Crippen LogP contribution in [0.4, 0.5) is 10.1 Å². The van der Waals surface area contributed by atoms with Crippen LogP contribution in [-0.2, 0) is 20.2 Å². The summed E-state index contributed by atoms with van der Waals surface area (Å²) in [5.41, 5.74) is 2.37. The normalized spacial score (nSPS) is 16.4. The van der Waals surface area contributed by atoms with Crippen molar-refractivity contribution < 1.29 is 27.1 Å². The quantitative estimate of drug-likeness (QED) is 0.500. The van der Waals surface area contributed by atoms with Crippen molar-refractivity contribution in [2.45, 2.75) is 36.1 Å². The summed E-state index contributed by atoms with van der Waals surface area (Å²) in [6, 6.07) is 16.3. The number of para-hydroxylation sites is 1. The Kier molecular flexibility index (Phi) is 5.83. The van der Waals surface area contributed by atoms with Crippen LogP contribution in [0.5, 0.6) is 0 Å². The SMILES string of the molecule is COC(=O)c1ccc([C@H](C)NC(=O)c2cccc3c2N(S(=O)(=O)c2ccc(F)cc2)CC32CC2)cc1. The van der Waals surface area contributed by atoms with E-state index in [0.29, 0.717) is 11.3 Å². The number of nitrogens with one attached hydrogen (secondary N) is 1. The molecule has 1 N–H and O–H groups in total. The van der Waals surface area contributed by atoms with E-state index in [0.717, 1.165) is 36.1 Å². The average Bonchev–Trinajstić information content (AvgIpc) is 3.59. The first-order chi connectivity index (χ1) is 17.2. The molecule has 1 saturated carbocycles. The number of ether oxygens (including phenoxy) is 1. The minimum atomic E-state index is -4.01. The molecule has 1 fully saturated rings. The molecule has 3 aromatic carbocycles. The first kappa shape index (κ1) is 24.0. The Morgan fingerprint density at radius 3 is 2.31 bits per heavy atom. The zero-order valence-corrected chi connectivity index (χ0v) is 20.6. The van der Waals surface area contributed by atoms with Crippen molar-refractivity contribution in [3.63, 3.8) is 0 Å². The number of anilines is 1. The lowest BCUT2D eigenvalue weighted by Gasteiger charge is -2.23. The van der Waals surface area contributed by atoms with Crippen LogP contribution in [0.2, 0.25) is 0 Å². The second-order valence-corrected chi connectivity index (χ2v) is 11.1. The van der Waals surface area contributed by atoms with Gasteiger partial charge in [-0.15, -0.1) is 0 Å². The van der Waals surface area contributed by atoms with E-state index in [1.54, 1.807) is 36.4 Å². The molecule has 0 saturated heterocycles. The van der Waals surface area contributed by atoms with Crippen molar-refractivity contribution in [1.29, 1.82) is 0 Å². The minimum absolute atomic E-state index is 0.0261. The Balaban J connectivity index is 1.47. The van der Waals surface area contributed by atoms with Crippen LogP contribution in [-0.4, -0.2) is 33.9 Å². The Bertz CT molecular complexity index is 1450. The number of benzene rings is 3. The molecular weight excluding hydrogens is 483 g/mol. The van der Waals surface area contributed by atoms with E-state index in [9.17, 15) is 22.4 Å². The molecule has 2 aliphatic rings. The second kappa shape index (κ2) is 8.74. The molecule has 1 spiro atoms. The molecule has 3 aromatic rings. The highest BCUT2D eigenvalue weighted by Gasteiger charge is 2.55. The minimum Gasteiger partial charge on any atom is -0.465 e. The first-order valence-corrected chi connectivity index (χ1v) is 13.0. The van der Waals surface area contributed by atoms with Crippen molar-refractivity contribution in [3.8, 4) is 0 Å². The summed E-state index contributed by atoms with van der Waals surface area (Å²) in [7, 11) is -2.70. The molecule has 9 heteroatoms. The van der Waals surface area contributed by atoms with Crippen molar-refractivity contribution >= 4 is 27.6 Å². The number of amides is 1. The predicted molar refractivity (Wildman–Crippen MR) is 132 cm³/mol. The van der Waals surface area contributed by atoms with Crippen molar-refractivity contribution in [1.82, 2.24) is 5.32 Å². The molecule has 1 atom stereocenters. The fourth-order valence-corrected chi connectivity index (χ4v) is 6.35. The Hall–Kier alpha value is -3.72. The largest absolute Gasteiger partial charge is 0.465 e. The smallest absolute Gasteiger partial charge is 0.337 e. The number of hydrogen-bond acceptors (Lipinski definition) is 5. The highest BCUT2D eigenvalue weighted by atomic mass is 32.2. The number of carbonyl (C=O) groups is 2. The molecule has 7 nitrogen and oxygen atoms in total. The van der Waals surface area contributed by atoms with Gasteiger partial charge in [-0.05, 0) is 73.4 Å². The zero-order chi connectivity index (χ0) is 25.7. The van der Waals surface area contributed by atoms with Gasteiger partial charge in [0.2, 0.25) is 0 Å². The van der Waals surface area contributed by atoms with Crippen LogP contribution in [0.25, 0.3) is 0 Å². The number of rotatable bonds is 6. The van der Waals surface area contributed by atoms with E-state index >= 15 is 0 Å².